The normalized spacial score (nSPS) is 15.2. The molecule has 0 aliphatic rings. The van der Waals surface area contributed by atoms with Gasteiger partial charge in [0, 0.05) is 6.61 Å². The Morgan fingerprint density at radius 3 is 2.67 bits per heavy atom. The average Bonchev–Trinajstić information content (AvgIpc) is 2.52. The van der Waals surface area contributed by atoms with Crippen LogP contribution >= 0.6 is 11.8 Å². The zero-order valence-corrected chi connectivity index (χ0v) is 13.6. The Morgan fingerprint density at radius 1 is 1.43 bits per heavy atom. The van der Waals surface area contributed by atoms with E-state index < -0.39 is 5.54 Å². The van der Waals surface area contributed by atoms with Crippen molar-refractivity contribution in [2.75, 3.05) is 24.7 Å². The number of carbonyl (C=O) groups excluding carboxylic acids is 1. The summed E-state index contributed by atoms with van der Waals surface area (Å²) in [6.45, 7) is 4.27. The highest BCUT2D eigenvalue weighted by Crippen LogP contribution is 2.26. The van der Waals surface area contributed by atoms with Gasteiger partial charge in [-0.25, -0.2) is 4.79 Å². The minimum absolute atomic E-state index is 0.178. The van der Waals surface area contributed by atoms with Crippen LogP contribution in [-0.4, -0.2) is 35.8 Å². The van der Waals surface area contributed by atoms with Gasteiger partial charge >= 0.3 is 5.97 Å². The smallest absolute Gasteiger partial charge is 0.330 e. The third kappa shape index (κ3) is 5.34. The minimum atomic E-state index is -1.10. The molecule has 1 aromatic rings. The molecule has 1 aromatic carbocycles. The van der Waals surface area contributed by atoms with E-state index in [0.29, 0.717) is 13.0 Å². The standard InChI is InChI=1S/C16H25NO3S/c1-3-20-15(19)16(17,14-7-5-4-6-8-14)9-10-21-12-13(2)11-18/h4-8,13,18H,3,9-12,17H2,1-2H3. The van der Waals surface area contributed by atoms with Crippen molar-refractivity contribution >= 4 is 17.7 Å². The van der Waals surface area contributed by atoms with E-state index in [0.717, 1.165) is 17.1 Å². The van der Waals surface area contributed by atoms with Crippen LogP contribution in [-0.2, 0) is 15.1 Å². The van der Waals surface area contributed by atoms with E-state index in [9.17, 15) is 4.79 Å². The first-order valence-electron chi connectivity index (χ1n) is 7.24. The van der Waals surface area contributed by atoms with Gasteiger partial charge in [-0.2, -0.15) is 11.8 Å². The number of rotatable bonds is 9. The maximum Gasteiger partial charge on any atom is 0.330 e. The van der Waals surface area contributed by atoms with Crippen LogP contribution in [0.5, 0.6) is 0 Å². The fraction of sp³-hybridized carbons (Fsp3) is 0.562. The largest absolute Gasteiger partial charge is 0.464 e. The number of carbonyl (C=O) groups is 1. The summed E-state index contributed by atoms with van der Waals surface area (Å²) < 4.78 is 5.15. The number of thioether (sulfide) groups is 1. The van der Waals surface area contributed by atoms with Gasteiger partial charge in [0.05, 0.1) is 6.61 Å². The summed E-state index contributed by atoms with van der Waals surface area (Å²) in [6, 6.07) is 9.36. The number of esters is 1. The summed E-state index contributed by atoms with van der Waals surface area (Å²) in [4.78, 5) is 12.3. The van der Waals surface area contributed by atoms with Gasteiger partial charge in [-0.3, -0.25) is 0 Å². The fourth-order valence-corrected chi connectivity index (χ4v) is 3.07. The summed E-state index contributed by atoms with van der Waals surface area (Å²) in [5.41, 5.74) is 6.03. The lowest BCUT2D eigenvalue weighted by atomic mass is 9.88. The lowest BCUT2D eigenvalue weighted by molar-refractivity contribution is -0.150. The summed E-state index contributed by atoms with van der Waals surface area (Å²) in [7, 11) is 0. The highest BCUT2D eigenvalue weighted by molar-refractivity contribution is 7.99. The molecule has 5 heteroatoms. The predicted molar refractivity (Wildman–Crippen MR) is 87.1 cm³/mol. The Kier molecular flexibility index (Phi) is 7.78. The molecule has 0 saturated heterocycles. The number of aliphatic hydroxyl groups is 1. The molecule has 0 amide bonds. The van der Waals surface area contributed by atoms with Gasteiger partial charge in [0.1, 0.15) is 5.54 Å². The summed E-state index contributed by atoms with van der Waals surface area (Å²) >= 11 is 1.70. The van der Waals surface area contributed by atoms with Crippen LogP contribution in [0, 0.1) is 5.92 Å². The molecular weight excluding hydrogens is 286 g/mol. The predicted octanol–water partition coefficient (Wildman–Crippen LogP) is 2.16. The Labute approximate surface area is 131 Å². The molecule has 0 bridgehead atoms. The van der Waals surface area contributed by atoms with Crippen LogP contribution in [0.25, 0.3) is 0 Å². The number of aliphatic hydroxyl groups excluding tert-OH is 1. The molecule has 0 aliphatic carbocycles. The van der Waals surface area contributed by atoms with Crippen LogP contribution in [0.4, 0.5) is 0 Å². The second-order valence-corrected chi connectivity index (χ2v) is 6.32. The molecule has 2 atom stereocenters. The van der Waals surface area contributed by atoms with Gasteiger partial charge in [-0.05, 0) is 36.3 Å². The summed E-state index contributed by atoms with van der Waals surface area (Å²) in [6.07, 6.45) is 0.513. The Hall–Kier alpha value is -1.04. The lowest BCUT2D eigenvalue weighted by Gasteiger charge is -2.27. The molecule has 21 heavy (non-hydrogen) atoms. The Balaban J connectivity index is 2.72. The van der Waals surface area contributed by atoms with Crippen molar-refractivity contribution in [1.29, 1.82) is 0 Å². The number of ether oxygens (including phenoxy) is 1. The molecule has 0 aliphatic heterocycles. The van der Waals surface area contributed by atoms with Crippen molar-refractivity contribution in [3.63, 3.8) is 0 Å². The maximum atomic E-state index is 12.3. The highest BCUT2D eigenvalue weighted by atomic mass is 32.2. The van der Waals surface area contributed by atoms with Gasteiger partial charge in [-0.1, -0.05) is 37.3 Å². The van der Waals surface area contributed by atoms with Crippen molar-refractivity contribution in [2.24, 2.45) is 11.7 Å². The quantitative estimate of drug-likeness (QED) is 0.540. The van der Waals surface area contributed by atoms with E-state index in [1.54, 1.807) is 18.7 Å². The zero-order valence-electron chi connectivity index (χ0n) is 12.7. The second kappa shape index (κ2) is 9.07. The zero-order chi connectivity index (χ0) is 15.7. The van der Waals surface area contributed by atoms with E-state index in [4.69, 9.17) is 15.6 Å². The molecule has 0 heterocycles. The van der Waals surface area contributed by atoms with Crippen molar-refractivity contribution < 1.29 is 14.6 Å². The van der Waals surface area contributed by atoms with Crippen LogP contribution in [0.3, 0.4) is 0 Å². The SMILES string of the molecule is CCOC(=O)C(N)(CCSCC(C)CO)c1ccccc1. The summed E-state index contributed by atoms with van der Waals surface area (Å²) in [5.74, 6) is 1.46. The number of nitrogens with two attached hydrogens (primary N) is 1. The third-order valence-corrected chi connectivity index (χ3v) is 4.58. The van der Waals surface area contributed by atoms with E-state index >= 15 is 0 Å². The van der Waals surface area contributed by atoms with Crippen molar-refractivity contribution in [3.8, 4) is 0 Å². The summed E-state index contributed by atoms with van der Waals surface area (Å²) in [5, 5.41) is 9.02. The lowest BCUT2D eigenvalue weighted by Crippen LogP contribution is -2.46. The van der Waals surface area contributed by atoms with E-state index in [-0.39, 0.29) is 18.5 Å². The molecule has 1 rings (SSSR count). The first kappa shape index (κ1) is 18.0. The highest BCUT2D eigenvalue weighted by Gasteiger charge is 2.37. The molecule has 4 nitrogen and oxygen atoms in total. The number of hydrogen-bond acceptors (Lipinski definition) is 5. The molecule has 0 spiro atoms. The number of benzene rings is 1. The molecule has 2 unspecified atom stereocenters. The molecule has 118 valence electrons. The Bertz CT molecular complexity index is 427. The van der Waals surface area contributed by atoms with E-state index in [2.05, 4.69) is 0 Å². The maximum absolute atomic E-state index is 12.3. The molecule has 0 radical (unpaired) electrons. The average molecular weight is 311 g/mol. The third-order valence-electron chi connectivity index (χ3n) is 3.28. The van der Waals surface area contributed by atoms with E-state index in [1.165, 1.54) is 0 Å². The van der Waals surface area contributed by atoms with Gasteiger partial charge in [-0.15, -0.1) is 0 Å². The first-order chi connectivity index (χ1) is 10.0. The molecule has 3 N–H and O–H groups in total. The van der Waals surface area contributed by atoms with E-state index in [1.807, 2.05) is 37.3 Å². The monoisotopic (exact) mass is 311 g/mol. The first-order valence-corrected chi connectivity index (χ1v) is 8.40. The van der Waals surface area contributed by atoms with Gasteiger partial charge < -0.3 is 15.6 Å². The van der Waals surface area contributed by atoms with Crippen molar-refractivity contribution in [3.05, 3.63) is 35.9 Å². The molecule has 0 saturated carbocycles. The number of hydrogen-bond donors (Lipinski definition) is 2. The van der Waals surface area contributed by atoms with Gasteiger partial charge in [0.25, 0.3) is 0 Å². The van der Waals surface area contributed by atoms with Crippen molar-refractivity contribution in [1.82, 2.24) is 0 Å². The van der Waals surface area contributed by atoms with Gasteiger partial charge in [0.2, 0.25) is 0 Å². The van der Waals surface area contributed by atoms with Crippen molar-refractivity contribution in [2.45, 2.75) is 25.8 Å². The Morgan fingerprint density at radius 2 is 2.10 bits per heavy atom. The van der Waals surface area contributed by atoms with Crippen LogP contribution in [0.2, 0.25) is 0 Å². The molecular formula is C16H25NO3S. The second-order valence-electron chi connectivity index (χ2n) is 5.17. The minimum Gasteiger partial charge on any atom is -0.464 e. The van der Waals surface area contributed by atoms with Gasteiger partial charge in [0.15, 0.2) is 0 Å². The van der Waals surface area contributed by atoms with Crippen LogP contribution in [0.15, 0.2) is 30.3 Å². The topological polar surface area (TPSA) is 72.5 Å². The molecule has 0 aromatic heterocycles. The van der Waals surface area contributed by atoms with Crippen LogP contribution < -0.4 is 5.73 Å². The van der Waals surface area contributed by atoms with Crippen LogP contribution in [0.1, 0.15) is 25.8 Å². The molecule has 0 fully saturated rings. The fourth-order valence-electron chi connectivity index (χ4n) is 1.93.